The Hall–Kier alpha value is -2.97. The number of hydrogen-bond donors (Lipinski definition) is 3. The highest BCUT2D eigenvalue weighted by atomic mass is 35.5. The Bertz CT molecular complexity index is 1100. The van der Waals surface area contributed by atoms with Crippen LogP contribution in [0.3, 0.4) is 0 Å². The van der Waals surface area contributed by atoms with Crippen LogP contribution in [-0.4, -0.2) is 35.0 Å². The van der Waals surface area contributed by atoms with Crippen molar-refractivity contribution >= 4 is 35.0 Å². The third-order valence-corrected chi connectivity index (χ3v) is 5.90. The molecule has 3 aromatic rings. The molecule has 8 heteroatoms. The normalized spacial score (nSPS) is 11.7. The van der Waals surface area contributed by atoms with Crippen molar-refractivity contribution in [2.24, 2.45) is 0 Å². The molecule has 34 heavy (non-hydrogen) atoms. The van der Waals surface area contributed by atoms with E-state index >= 15 is 0 Å². The van der Waals surface area contributed by atoms with E-state index in [0.29, 0.717) is 11.6 Å². The Morgan fingerprint density at radius 2 is 1.56 bits per heavy atom. The van der Waals surface area contributed by atoms with Gasteiger partial charge in [-0.3, -0.25) is 24.5 Å². The van der Waals surface area contributed by atoms with Crippen molar-refractivity contribution in [3.63, 3.8) is 0 Å². The molecule has 0 aliphatic rings. The fourth-order valence-corrected chi connectivity index (χ4v) is 4.17. The molecule has 0 fully saturated rings. The number of carbonyl (C=O) groups is 2. The largest absolute Gasteiger partial charge is 0.297 e. The zero-order chi connectivity index (χ0) is 23.8. The third kappa shape index (κ3) is 6.33. The van der Waals surface area contributed by atoms with Crippen molar-refractivity contribution in [3.05, 3.63) is 82.9 Å². The molecular formula is C26H32ClN3O4. The molecule has 3 aromatic carbocycles. The Morgan fingerprint density at radius 3 is 2.15 bits per heavy atom. The van der Waals surface area contributed by atoms with Crippen LogP contribution in [0.15, 0.2) is 60.7 Å². The summed E-state index contributed by atoms with van der Waals surface area (Å²) < 4.78 is 0. The Balaban J connectivity index is 0.00000408. The maximum atomic E-state index is 12.4. The SMILES string of the molecule is CCC(c1cc(CONC(=O)c2ccc(C(=O)NO)cc2)c2ccccc2c1)N(CC)CC.Cl. The lowest BCUT2D eigenvalue weighted by Crippen LogP contribution is -2.28. The summed E-state index contributed by atoms with van der Waals surface area (Å²) in [6, 6.07) is 18.8. The van der Waals surface area contributed by atoms with Crippen LogP contribution in [0.4, 0.5) is 0 Å². The summed E-state index contributed by atoms with van der Waals surface area (Å²) in [5.41, 5.74) is 6.88. The molecule has 0 radical (unpaired) electrons. The van der Waals surface area contributed by atoms with Gasteiger partial charge in [-0.2, -0.15) is 0 Å². The zero-order valence-corrected chi connectivity index (χ0v) is 20.5. The van der Waals surface area contributed by atoms with Gasteiger partial charge in [-0.15, -0.1) is 12.4 Å². The lowest BCUT2D eigenvalue weighted by molar-refractivity contribution is 0.0237. The highest BCUT2D eigenvalue weighted by Gasteiger charge is 2.18. The molecule has 2 amide bonds. The maximum Gasteiger partial charge on any atom is 0.274 e. The molecule has 0 spiro atoms. The summed E-state index contributed by atoms with van der Waals surface area (Å²) in [4.78, 5) is 31.9. The lowest BCUT2D eigenvalue weighted by Gasteiger charge is -2.30. The number of nitrogens with zero attached hydrogens (tertiary/aromatic N) is 1. The quantitative estimate of drug-likeness (QED) is 0.276. The van der Waals surface area contributed by atoms with E-state index in [2.05, 4.69) is 55.4 Å². The molecule has 0 aliphatic carbocycles. The van der Waals surface area contributed by atoms with E-state index in [1.807, 2.05) is 12.1 Å². The van der Waals surface area contributed by atoms with Gasteiger partial charge in [-0.1, -0.05) is 51.1 Å². The lowest BCUT2D eigenvalue weighted by atomic mass is 9.95. The number of carbonyl (C=O) groups excluding carboxylic acids is 2. The van der Waals surface area contributed by atoms with Crippen molar-refractivity contribution in [1.29, 1.82) is 0 Å². The Morgan fingerprint density at radius 1 is 0.941 bits per heavy atom. The van der Waals surface area contributed by atoms with Crippen LogP contribution in [0.5, 0.6) is 0 Å². The van der Waals surface area contributed by atoms with Crippen LogP contribution in [0, 0.1) is 0 Å². The maximum absolute atomic E-state index is 12.4. The van der Waals surface area contributed by atoms with Crippen LogP contribution in [0.25, 0.3) is 10.8 Å². The molecule has 0 saturated heterocycles. The van der Waals surface area contributed by atoms with Crippen molar-refractivity contribution in [3.8, 4) is 0 Å². The van der Waals surface area contributed by atoms with E-state index in [1.165, 1.54) is 29.8 Å². The van der Waals surface area contributed by atoms with Gasteiger partial charge < -0.3 is 0 Å². The van der Waals surface area contributed by atoms with Crippen molar-refractivity contribution in [2.75, 3.05) is 13.1 Å². The first-order valence-corrected chi connectivity index (χ1v) is 11.2. The number of rotatable bonds is 10. The minimum absolute atomic E-state index is 0. The van der Waals surface area contributed by atoms with E-state index < -0.39 is 11.8 Å². The standard InChI is InChI=1S/C26H31N3O4.ClH/c1-4-24(29(5-2)6-3)21-15-20-9-7-8-10-23(20)22(16-21)17-33-28-26(31)19-13-11-18(12-14-19)25(30)27-32;/h7-16,24,32H,4-6,17H2,1-3H3,(H,27,30)(H,28,31);1H. The summed E-state index contributed by atoms with van der Waals surface area (Å²) in [6.07, 6.45) is 1.00. The number of benzene rings is 3. The van der Waals surface area contributed by atoms with Crippen LogP contribution in [0.1, 0.15) is 65.1 Å². The van der Waals surface area contributed by atoms with E-state index in [0.717, 1.165) is 35.8 Å². The van der Waals surface area contributed by atoms with E-state index in [1.54, 1.807) is 5.48 Å². The van der Waals surface area contributed by atoms with Gasteiger partial charge in [0.2, 0.25) is 0 Å². The minimum Gasteiger partial charge on any atom is -0.297 e. The molecule has 0 aromatic heterocycles. The van der Waals surface area contributed by atoms with Crippen LogP contribution in [-0.2, 0) is 11.4 Å². The monoisotopic (exact) mass is 485 g/mol. The second-order valence-corrected chi connectivity index (χ2v) is 7.78. The first-order valence-electron chi connectivity index (χ1n) is 11.2. The third-order valence-electron chi connectivity index (χ3n) is 5.90. The molecule has 7 nitrogen and oxygen atoms in total. The number of fused-ring (bicyclic) bond motifs is 1. The van der Waals surface area contributed by atoms with Gasteiger partial charge in [0.1, 0.15) is 6.61 Å². The number of hydroxylamine groups is 2. The average molecular weight is 486 g/mol. The second kappa shape index (κ2) is 13.1. The Labute approximate surface area is 206 Å². The summed E-state index contributed by atoms with van der Waals surface area (Å²) in [5.74, 6) is -1.05. The van der Waals surface area contributed by atoms with Crippen LogP contribution < -0.4 is 11.0 Å². The van der Waals surface area contributed by atoms with Crippen LogP contribution in [0.2, 0.25) is 0 Å². The topological polar surface area (TPSA) is 90.9 Å². The highest BCUT2D eigenvalue weighted by molar-refractivity contribution is 5.97. The number of amides is 2. The average Bonchev–Trinajstić information content (AvgIpc) is 2.86. The molecule has 0 heterocycles. The molecule has 182 valence electrons. The second-order valence-electron chi connectivity index (χ2n) is 7.78. The first kappa shape index (κ1) is 27.3. The van der Waals surface area contributed by atoms with Gasteiger partial charge in [0.05, 0.1) is 0 Å². The van der Waals surface area contributed by atoms with Gasteiger partial charge >= 0.3 is 0 Å². The molecule has 0 aliphatic heterocycles. The summed E-state index contributed by atoms with van der Waals surface area (Å²) in [7, 11) is 0. The smallest absolute Gasteiger partial charge is 0.274 e. The molecule has 3 rings (SSSR count). The van der Waals surface area contributed by atoms with Crippen molar-refractivity contribution in [2.45, 2.75) is 39.8 Å². The predicted octanol–water partition coefficient (Wildman–Crippen LogP) is 5.04. The summed E-state index contributed by atoms with van der Waals surface area (Å²) in [5, 5.41) is 10.9. The highest BCUT2D eigenvalue weighted by Crippen LogP contribution is 2.30. The van der Waals surface area contributed by atoms with Crippen LogP contribution >= 0.6 is 12.4 Å². The summed E-state index contributed by atoms with van der Waals surface area (Å²) in [6.45, 7) is 8.72. The van der Waals surface area contributed by atoms with Crippen molar-refractivity contribution < 1.29 is 19.6 Å². The zero-order valence-electron chi connectivity index (χ0n) is 19.7. The van der Waals surface area contributed by atoms with E-state index in [-0.39, 0.29) is 24.6 Å². The summed E-state index contributed by atoms with van der Waals surface area (Å²) >= 11 is 0. The fraction of sp³-hybridized carbons (Fsp3) is 0.308. The fourth-order valence-electron chi connectivity index (χ4n) is 4.17. The minimum atomic E-state index is -0.639. The predicted molar refractivity (Wildman–Crippen MR) is 135 cm³/mol. The van der Waals surface area contributed by atoms with Gasteiger partial charge in [-0.25, -0.2) is 11.0 Å². The molecule has 1 unspecified atom stereocenters. The van der Waals surface area contributed by atoms with Gasteiger partial charge in [0.15, 0.2) is 0 Å². The van der Waals surface area contributed by atoms with Crippen molar-refractivity contribution in [1.82, 2.24) is 15.9 Å². The molecule has 1 atom stereocenters. The molecule has 0 saturated carbocycles. The van der Waals surface area contributed by atoms with E-state index in [9.17, 15) is 9.59 Å². The number of hydrogen-bond acceptors (Lipinski definition) is 5. The number of nitrogens with one attached hydrogen (secondary N) is 2. The van der Waals surface area contributed by atoms with Gasteiger partial charge in [0, 0.05) is 17.2 Å². The molecule has 0 bridgehead atoms. The number of halogens is 1. The van der Waals surface area contributed by atoms with Gasteiger partial charge in [-0.05, 0) is 71.7 Å². The first-order chi connectivity index (χ1) is 16.0. The molecule has 3 N–H and O–H groups in total. The molecular weight excluding hydrogens is 454 g/mol. The van der Waals surface area contributed by atoms with Gasteiger partial charge in [0.25, 0.3) is 11.8 Å². The Kier molecular flexibility index (Phi) is 10.5. The van der Waals surface area contributed by atoms with E-state index in [4.69, 9.17) is 10.0 Å².